The fourth-order valence-corrected chi connectivity index (χ4v) is 6.74. The van der Waals surface area contributed by atoms with Crippen LogP contribution in [-0.2, 0) is 26.2 Å². The zero-order chi connectivity index (χ0) is 27.4. The van der Waals surface area contributed by atoms with E-state index in [0.29, 0.717) is 28.4 Å². The van der Waals surface area contributed by atoms with E-state index in [1.807, 2.05) is 51.1 Å². The average molecular weight is 556 g/mol. The maximum atomic E-state index is 13.6. The maximum Gasteiger partial charge on any atom is 0.265 e. The van der Waals surface area contributed by atoms with Crippen molar-refractivity contribution in [1.82, 2.24) is 10.2 Å². The van der Waals surface area contributed by atoms with Crippen molar-refractivity contribution in [2.75, 3.05) is 10.8 Å². The van der Waals surface area contributed by atoms with E-state index in [9.17, 15) is 18.0 Å². The summed E-state index contributed by atoms with van der Waals surface area (Å²) < 4.78 is 28.0. The van der Waals surface area contributed by atoms with Crippen LogP contribution in [0.25, 0.3) is 10.8 Å². The third kappa shape index (κ3) is 5.66. The Hall–Kier alpha value is -3.10. The summed E-state index contributed by atoms with van der Waals surface area (Å²) in [5.74, 6) is -0.383. The summed E-state index contributed by atoms with van der Waals surface area (Å²) in [5.41, 5.74) is 1.50. The molecule has 38 heavy (non-hydrogen) atoms. The first kappa shape index (κ1) is 27.9. The predicted octanol–water partition coefficient (Wildman–Crippen LogP) is 5.50. The Kier molecular flexibility index (Phi) is 8.63. The van der Waals surface area contributed by atoms with Gasteiger partial charge in [0.25, 0.3) is 10.0 Å². The third-order valence-corrected chi connectivity index (χ3v) is 9.19. The summed E-state index contributed by atoms with van der Waals surface area (Å²) >= 11 is 6.04. The van der Waals surface area contributed by atoms with Crippen molar-refractivity contribution in [2.45, 2.75) is 70.0 Å². The molecular formula is C29H34ClN3O4S. The molecule has 4 rings (SSSR count). The van der Waals surface area contributed by atoms with Gasteiger partial charge in [-0.25, -0.2) is 8.42 Å². The van der Waals surface area contributed by atoms with Crippen LogP contribution in [-0.4, -0.2) is 43.8 Å². The molecule has 0 radical (unpaired) electrons. The van der Waals surface area contributed by atoms with Gasteiger partial charge in [-0.3, -0.25) is 13.9 Å². The quantitative estimate of drug-likeness (QED) is 0.338. The van der Waals surface area contributed by atoms with Crippen molar-refractivity contribution in [1.29, 1.82) is 0 Å². The first-order chi connectivity index (χ1) is 18.2. The first-order valence-electron chi connectivity index (χ1n) is 13.1. The van der Waals surface area contributed by atoms with Gasteiger partial charge in [-0.1, -0.05) is 61.8 Å². The number of amides is 2. The van der Waals surface area contributed by atoms with Crippen molar-refractivity contribution in [2.24, 2.45) is 0 Å². The smallest absolute Gasteiger partial charge is 0.265 e. The number of halogens is 1. The molecule has 0 spiro atoms. The van der Waals surface area contributed by atoms with Gasteiger partial charge < -0.3 is 10.2 Å². The van der Waals surface area contributed by atoms with Crippen molar-refractivity contribution >= 4 is 49.9 Å². The van der Waals surface area contributed by atoms with Gasteiger partial charge >= 0.3 is 0 Å². The van der Waals surface area contributed by atoms with Crippen LogP contribution >= 0.6 is 11.6 Å². The lowest BCUT2D eigenvalue weighted by atomic mass is 10.1. The van der Waals surface area contributed by atoms with Gasteiger partial charge in [0.1, 0.15) is 6.04 Å². The fraction of sp³-hybridized carbons (Fsp3) is 0.379. The van der Waals surface area contributed by atoms with Crippen molar-refractivity contribution in [3.05, 3.63) is 71.2 Å². The fourth-order valence-electron chi connectivity index (χ4n) is 4.86. The van der Waals surface area contributed by atoms with Gasteiger partial charge in [0, 0.05) is 36.0 Å². The minimum Gasteiger partial charge on any atom is -0.352 e. The van der Waals surface area contributed by atoms with E-state index >= 15 is 0 Å². The van der Waals surface area contributed by atoms with Crippen LogP contribution in [0.2, 0.25) is 5.02 Å². The van der Waals surface area contributed by atoms with E-state index in [-0.39, 0.29) is 37.4 Å². The van der Waals surface area contributed by atoms with E-state index in [2.05, 4.69) is 5.32 Å². The molecule has 3 aromatic rings. The molecular weight excluding hydrogens is 522 g/mol. The molecule has 3 aromatic carbocycles. The monoisotopic (exact) mass is 555 g/mol. The molecule has 0 bridgehead atoms. The normalized spacial score (nSPS) is 15.3. The van der Waals surface area contributed by atoms with Crippen LogP contribution in [0.1, 0.15) is 52.0 Å². The van der Waals surface area contributed by atoms with Crippen molar-refractivity contribution < 1.29 is 18.0 Å². The number of carbonyl (C=O) groups is 2. The van der Waals surface area contributed by atoms with Crippen molar-refractivity contribution in [3.8, 4) is 0 Å². The minimum atomic E-state index is -3.69. The molecule has 202 valence electrons. The first-order valence-corrected chi connectivity index (χ1v) is 14.9. The number of sulfonamides is 1. The molecule has 2 atom stereocenters. The Bertz CT molecular complexity index is 1420. The molecule has 0 aromatic heterocycles. The topological polar surface area (TPSA) is 86.8 Å². The van der Waals surface area contributed by atoms with Crippen LogP contribution in [0.15, 0.2) is 65.6 Å². The van der Waals surface area contributed by atoms with E-state index in [0.717, 1.165) is 22.8 Å². The molecule has 0 fully saturated rings. The van der Waals surface area contributed by atoms with E-state index in [1.54, 1.807) is 35.2 Å². The van der Waals surface area contributed by atoms with Gasteiger partial charge in [-0.05, 0) is 61.4 Å². The molecule has 1 aliphatic rings. The van der Waals surface area contributed by atoms with Gasteiger partial charge in [0.15, 0.2) is 0 Å². The molecule has 0 aliphatic carbocycles. The second-order valence-corrected chi connectivity index (χ2v) is 12.0. The molecule has 2 amide bonds. The minimum absolute atomic E-state index is 0.00579. The highest BCUT2D eigenvalue weighted by molar-refractivity contribution is 7.93. The molecule has 7 nitrogen and oxygen atoms in total. The van der Waals surface area contributed by atoms with Crippen LogP contribution in [0.4, 0.5) is 5.69 Å². The van der Waals surface area contributed by atoms with Crippen LogP contribution < -0.4 is 9.62 Å². The largest absolute Gasteiger partial charge is 0.352 e. The number of carbonyl (C=O) groups excluding carboxylic acids is 2. The Morgan fingerprint density at radius 3 is 2.34 bits per heavy atom. The third-order valence-electron chi connectivity index (χ3n) is 7.09. The lowest BCUT2D eigenvalue weighted by Crippen LogP contribution is -2.50. The number of hydrogen-bond donors (Lipinski definition) is 1. The highest BCUT2D eigenvalue weighted by Crippen LogP contribution is 2.42. The SMILES string of the molecule is CCC(C)NC(=O)C(CC)N(Cc1ccc(Cl)cc1)C(=O)CCCN1c2cccc3cccc(c23)S1(=O)=O. The average Bonchev–Trinajstić information content (AvgIpc) is 3.12. The molecule has 0 saturated heterocycles. The summed E-state index contributed by atoms with van der Waals surface area (Å²) in [6.07, 6.45) is 1.67. The van der Waals surface area contributed by atoms with E-state index in [1.165, 1.54) is 4.31 Å². The predicted molar refractivity (Wildman–Crippen MR) is 152 cm³/mol. The zero-order valence-electron chi connectivity index (χ0n) is 22.0. The Morgan fingerprint density at radius 1 is 1.00 bits per heavy atom. The summed E-state index contributed by atoms with van der Waals surface area (Å²) in [6, 6.07) is 17.4. The van der Waals surface area contributed by atoms with Crippen LogP contribution in [0.3, 0.4) is 0 Å². The number of nitrogens with one attached hydrogen (secondary N) is 1. The molecule has 0 saturated carbocycles. The Labute approximate surface area is 229 Å². The zero-order valence-corrected chi connectivity index (χ0v) is 23.6. The van der Waals surface area contributed by atoms with Gasteiger partial charge in [0.2, 0.25) is 11.8 Å². The molecule has 9 heteroatoms. The van der Waals surface area contributed by atoms with E-state index < -0.39 is 16.1 Å². The Morgan fingerprint density at radius 2 is 1.68 bits per heavy atom. The standard InChI is InChI=1S/C29H34ClN3O4S/c1-4-20(3)31-29(35)24(5-2)32(19-21-14-16-23(30)17-15-21)27(34)13-8-18-33-25-11-6-9-22-10-7-12-26(28(22)25)38(33,36)37/h6-7,9-12,14-17,20,24H,4-5,8,13,18-19H2,1-3H3,(H,31,35). The highest BCUT2D eigenvalue weighted by Gasteiger charge is 2.35. The molecule has 1 N–H and O–H groups in total. The van der Waals surface area contributed by atoms with Gasteiger partial charge in [-0.15, -0.1) is 0 Å². The Balaban J connectivity index is 1.52. The lowest BCUT2D eigenvalue weighted by molar-refractivity contribution is -0.141. The lowest BCUT2D eigenvalue weighted by Gasteiger charge is -2.31. The number of benzene rings is 3. The van der Waals surface area contributed by atoms with Gasteiger partial charge in [0.05, 0.1) is 10.6 Å². The maximum absolute atomic E-state index is 13.6. The summed E-state index contributed by atoms with van der Waals surface area (Å²) in [7, 11) is -3.69. The van der Waals surface area contributed by atoms with E-state index in [4.69, 9.17) is 11.6 Å². The summed E-state index contributed by atoms with van der Waals surface area (Å²) in [6.45, 7) is 6.25. The van der Waals surface area contributed by atoms with Gasteiger partial charge in [-0.2, -0.15) is 0 Å². The van der Waals surface area contributed by atoms with Crippen molar-refractivity contribution in [3.63, 3.8) is 0 Å². The summed E-state index contributed by atoms with van der Waals surface area (Å²) in [5, 5.41) is 5.19. The second kappa shape index (κ2) is 11.7. The highest BCUT2D eigenvalue weighted by atomic mass is 35.5. The molecule has 1 heterocycles. The molecule has 2 unspecified atom stereocenters. The van der Waals surface area contributed by atoms with Crippen LogP contribution in [0.5, 0.6) is 0 Å². The summed E-state index contributed by atoms with van der Waals surface area (Å²) in [4.78, 5) is 28.6. The second-order valence-electron chi connectivity index (χ2n) is 9.70. The molecule has 1 aliphatic heterocycles. The van der Waals surface area contributed by atoms with Crippen LogP contribution in [0, 0.1) is 0 Å². The number of rotatable bonds is 11. The number of hydrogen-bond acceptors (Lipinski definition) is 4. The number of nitrogens with zero attached hydrogens (tertiary/aromatic N) is 2. The number of anilines is 1.